The zero-order valence-electron chi connectivity index (χ0n) is 13.8. The minimum Gasteiger partial charge on any atom is -0.394 e. The fourth-order valence-corrected chi connectivity index (χ4v) is 3.67. The van der Waals surface area contributed by atoms with E-state index in [2.05, 4.69) is 28.6 Å². The summed E-state index contributed by atoms with van der Waals surface area (Å²) in [6.07, 6.45) is 3.83. The third kappa shape index (κ3) is 3.09. The van der Waals surface area contributed by atoms with Gasteiger partial charge >= 0.3 is 0 Å². The van der Waals surface area contributed by atoms with Crippen molar-refractivity contribution < 1.29 is 5.11 Å². The van der Waals surface area contributed by atoms with Gasteiger partial charge in [0.1, 0.15) is 0 Å². The molecule has 1 atom stereocenters. The smallest absolute Gasteiger partial charge is 0.0767 e. The van der Waals surface area contributed by atoms with E-state index in [0.29, 0.717) is 11.6 Å². The standard InChI is InChI=1S/C20H20ClN3O/c21-16-5-7-18(8-6-16)24-12-10-17(23-24)13-22-20(14-25)11-9-15-3-1-2-4-19(15)20/h1-8,10,12,22,25H,9,11,13-14H2. The third-order valence-corrected chi connectivity index (χ3v) is 5.22. The molecule has 25 heavy (non-hydrogen) atoms. The summed E-state index contributed by atoms with van der Waals surface area (Å²) in [6.45, 7) is 0.692. The average Bonchev–Trinajstić information content (AvgIpc) is 3.26. The van der Waals surface area contributed by atoms with Gasteiger partial charge in [-0.2, -0.15) is 5.10 Å². The number of hydrogen-bond donors (Lipinski definition) is 2. The van der Waals surface area contributed by atoms with Gasteiger partial charge in [0.05, 0.1) is 23.5 Å². The lowest BCUT2D eigenvalue weighted by atomic mass is 9.92. The second kappa shape index (κ2) is 6.64. The molecule has 1 heterocycles. The molecule has 0 bridgehead atoms. The number of aromatic nitrogens is 2. The Balaban J connectivity index is 1.51. The Kier molecular flexibility index (Phi) is 4.34. The second-order valence-electron chi connectivity index (χ2n) is 6.48. The number of aliphatic hydroxyl groups is 1. The van der Waals surface area contributed by atoms with E-state index in [1.54, 1.807) is 0 Å². The predicted molar refractivity (Wildman–Crippen MR) is 98.9 cm³/mol. The Bertz CT molecular complexity index is 875. The van der Waals surface area contributed by atoms with Crippen LogP contribution in [0.4, 0.5) is 0 Å². The molecular weight excluding hydrogens is 334 g/mol. The van der Waals surface area contributed by atoms with Crippen molar-refractivity contribution in [1.29, 1.82) is 0 Å². The van der Waals surface area contributed by atoms with Crippen LogP contribution >= 0.6 is 11.6 Å². The Morgan fingerprint density at radius 1 is 1.12 bits per heavy atom. The summed E-state index contributed by atoms with van der Waals surface area (Å²) in [6, 6.07) is 17.9. The number of hydrogen-bond acceptors (Lipinski definition) is 3. The van der Waals surface area contributed by atoms with Crippen LogP contribution in [0.1, 0.15) is 23.2 Å². The van der Waals surface area contributed by atoms with E-state index < -0.39 is 0 Å². The summed E-state index contributed by atoms with van der Waals surface area (Å²) in [4.78, 5) is 0. The normalized spacial score (nSPS) is 19.1. The summed E-state index contributed by atoms with van der Waals surface area (Å²) in [5.74, 6) is 0. The molecular formula is C20H20ClN3O. The van der Waals surface area contributed by atoms with Crippen LogP contribution in [0.2, 0.25) is 5.02 Å². The Morgan fingerprint density at radius 3 is 2.72 bits per heavy atom. The predicted octanol–water partition coefficient (Wildman–Crippen LogP) is 3.45. The van der Waals surface area contributed by atoms with Gasteiger partial charge in [-0.05, 0) is 54.3 Å². The molecule has 1 aliphatic carbocycles. The second-order valence-corrected chi connectivity index (χ2v) is 6.92. The first-order valence-electron chi connectivity index (χ1n) is 8.45. The molecule has 0 saturated heterocycles. The summed E-state index contributed by atoms with van der Waals surface area (Å²) in [7, 11) is 0. The van der Waals surface area contributed by atoms with Gasteiger partial charge in [0.25, 0.3) is 0 Å². The zero-order chi connectivity index (χ0) is 17.3. The van der Waals surface area contributed by atoms with E-state index in [9.17, 15) is 5.11 Å². The van der Waals surface area contributed by atoms with Crippen molar-refractivity contribution in [3.05, 3.63) is 82.6 Å². The molecule has 0 saturated carbocycles. The van der Waals surface area contributed by atoms with E-state index in [1.807, 2.05) is 47.3 Å². The van der Waals surface area contributed by atoms with Gasteiger partial charge in [-0.15, -0.1) is 0 Å². The first kappa shape index (κ1) is 16.3. The van der Waals surface area contributed by atoms with Crippen LogP contribution in [0.15, 0.2) is 60.8 Å². The molecule has 4 nitrogen and oxygen atoms in total. The largest absolute Gasteiger partial charge is 0.394 e. The molecule has 5 heteroatoms. The molecule has 1 aliphatic rings. The quantitative estimate of drug-likeness (QED) is 0.738. The molecule has 0 spiro atoms. The zero-order valence-corrected chi connectivity index (χ0v) is 14.6. The highest BCUT2D eigenvalue weighted by atomic mass is 35.5. The SMILES string of the molecule is OCC1(NCc2ccn(-c3ccc(Cl)cc3)n2)CCc2ccccc21. The van der Waals surface area contributed by atoms with E-state index in [-0.39, 0.29) is 12.1 Å². The molecule has 3 aromatic rings. The third-order valence-electron chi connectivity index (χ3n) is 4.97. The van der Waals surface area contributed by atoms with E-state index in [0.717, 1.165) is 24.2 Å². The molecule has 1 aromatic heterocycles. The fraction of sp³-hybridized carbons (Fsp3) is 0.250. The Labute approximate surface area is 152 Å². The van der Waals surface area contributed by atoms with Crippen LogP contribution in [0.5, 0.6) is 0 Å². The summed E-state index contributed by atoms with van der Waals surface area (Å²) in [5.41, 5.74) is 4.05. The van der Waals surface area contributed by atoms with Crippen LogP contribution < -0.4 is 5.32 Å². The maximum atomic E-state index is 10.0. The number of rotatable bonds is 5. The number of aryl methyl sites for hydroxylation is 1. The van der Waals surface area contributed by atoms with Gasteiger partial charge < -0.3 is 5.11 Å². The maximum Gasteiger partial charge on any atom is 0.0767 e. The van der Waals surface area contributed by atoms with Gasteiger partial charge in [0, 0.05) is 17.8 Å². The highest BCUT2D eigenvalue weighted by Crippen LogP contribution is 2.36. The summed E-state index contributed by atoms with van der Waals surface area (Å²) < 4.78 is 1.83. The van der Waals surface area contributed by atoms with Gasteiger partial charge in [-0.3, -0.25) is 5.32 Å². The lowest BCUT2D eigenvalue weighted by Crippen LogP contribution is -2.43. The molecule has 0 radical (unpaired) electrons. The first-order valence-corrected chi connectivity index (χ1v) is 8.83. The fourth-order valence-electron chi connectivity index (χ4n) is 3.54. The van der Waals surface area contributed by atoms with Crippen molar-refractivity contribution >= 4 is 11.6 Å². The van der Waals surface area contributed by atoms with Crippen molar-refractivity contribution in [2.24, 2.45) is 0 Å². The van der Waals surface area contributed by atoms with Crippen LogP contribution in [0, 0.1) is 0 Å². The van der Waals surface area contributed by atoms with Crippen LogP contribution in [0.3, 0.4) is 0 Å². The lowest BCUT2D eigenvalue weighted by molar-refractivity contribution is 0.158. The van der Waals surface area contributed by atoms with Crippen molar-refractivity contribution in [2.75, 3.05) is 6.61 Å². The monoisotopic (exact) mass is 353 g/mol. The molecule has 1 unspecified atom stereocenters. The minimum atomic E-state index is -0.374. The number of fused-ring (bicyclic) bond motifs is 1. The van der Waals surface area contributed by atoms with Crippen molar-refractivity contribution in [2.45, 2.75) is 24.9 Å². The summed E-state index contributed by atoms with van der Waals surface area (Å²) >= 11 is 5.94. The highest BCUT2D eigenvalue weighted by molar-refractivity contribution is 6.30. The van der Waals surface area contributed by atoms with Gasteiger partial charge in [0.15, 0.2) is 0 Å². The molecule has 0 amide bonds. The topological polar surface area (TPSA) is 50.1 Å². The lowest BCUT2D eigenvalue weighted by Gasteiger charge is -2.29. The molecule has 0 aliphatic heterocycles. The molecule has 2 aromatic carbocycles. The molecule has 4 rings (SSSR count). The molecule has 128 valence electrons. The van der Waals surface area contributed by atoms with Crippen LogP contribution in [0.25, 0.3) is 5.69 Å². The average molecular weight is 354 g/mol. The minimum absolute atomic E-state index is 0.0852. The van der Waals surface area contributed by atoms with Gasteiger partial charge in [-0.1, -0.05) is 35.9 Å². The first-order chi connectivity index (χ1) is 12.2. The number of nitrogens with zero attached hydrogens (tertiary/aromatic N) is 2. The molecule has 2 N–H and O–H groups in total. The van der Waals surface area contributed by atoms with E-state index in [4.69, 9.17) is 11.6 Å². The summed E-state index contributed by atoms with van der Waals surface area (Å²) in [5, 5.41) is 18.9. The van der Waals surface area contributed by atoms with Crippen molar-refractivity contribution in [1.82, 2.24) is 15.1 Å². The number of halogens is 1. The van der Waals surface area contributed by atoms with Crippen molar-refractivity contribution in [3.63, 3.8) is 0 Å². The number of aliphatic hydroxyl groups excluding tert-OH is 1. The van der Waals surface area contributed by atoms with Gasteiger partial charge in [-0.25, -0.2) is 4.68 Å². The Morgan fingerprint density at radius 2 is 1.92 bits per heavy atom. The van der Waals surface area contributed by atoms with E-state index >= 15 is 0 Å². The van der Waals surface area contributed by atoms with Crippen LogP contribution in [-0.4, -0.2) is 21.5 Å². The number of benzene rings is 2. The maximum absolute atomic E-state index is 10.0. The highest BCUT2D eigenvalue weighted by Gasteiger charge is 2.37. The molecule has 0 fully saturated rings. The van der Waals surface area contributed by atoms with Gasteiger partial charge in [0.2, 0.25) is 0 Å². The van der Waals surface area contributed by atoms with E-state index in [1.165, 1.54) is 11.1 Å². The Hall–Kier alpha value is -2.14. The van der Waals surface area contributed by atoms with Crippen molar-refractivity contribution in [3.8, 4) is 5.69 Å². The van der Waals surface area contributed by atoms with Crippen LogP contribution in [-0.2, 0) is 18.5 Å². The number of nitrogens with one attached hydrogen (secondary N) is 1.